The van der Waals surface area contributed by atoms with Gasteiger partial charge in [0.2, 0.25) is 0 Å². The van der Waals surface area contributed by atoms with Crippen LogP contribution in [0.1, 0.15) is 59.7 Å². The molecule has 1 aliphatic rings. The Kier molecular flexibility index (Phi) is 4.27. The Morgan fingerprint density at radius 3 is 2.57 bits per heavy atom. The highest BCUT2D eigenvalue weighted by Gasteiger charge is 2.29. The summed E-state index contributed by atoms with van der Waals surface area (Å²) in [5, 5.41) is 1.03. The maximum absolute atomic E-state index is 5.85. The van der Waals surface area contributed by atoms with Gasteiger partial charge in [0.25, 0.3) is 0 Å². The van der Waals surface area contributed by atoms with Gasteiger partial charge in [-0.25, -0.2) is 4.98 Å². The lowest BCUT2D eigenvalue weighted by Gasteiger charge is -2.07. The SMILES string of the molecule is CC(C)c1ccc(OCc2nc(C3CC3)c(CN)s2)cc1. The highest BCUT2D eigenvalue weighted by atomic mass is 32.1. The molecule has 1 heterocycles. The molecule has 4 heteroatoms. The summed E-state index contributed by atoms with van der Waals surface area (Å²) in [4.78, 5) is 5.95. The van der Waals surface area contributed by atoms with Crippen LogP contribution in [0.15, 0.2) is 24.3 Å². The van der Waals surface area contributed by atoms with Crippen LogP contribution in [0.2, 0.25) is 0 Å². The quantitative estimate of drug-likeness (QED) is 0.870. The fourth-order valence-corrected chi connectivity index (χ4v) is 3.34. The first-order valence-corrected chi connectivity index (χ1v) is 8.40. The van der Waals surface area contributed by atoms with Gasteiger partial charge < -0.3 is 10.5 Å². The van der Waals surface area contributed by atoms with Gasteiger partial charge in [-0.1, -0.05) is 26.0 Å². The fourth-order valence-electron chi connectivity index (χ4n) is 2.39. The van der Waals surface area contributed by atoms with Crippen LogP contribution >= 0.6 is 11.3 Å². The number of rotatable bonds is 6. The van der Waals surface area contributed by atoms with Crippen LogP contribution in [0.3, 0.4) is 0 Å². The topological polar surface area (TPSA) is 48.1 Å². The molecule has 0 bridgehead atoms. The van der Waals surface area contributed by atoms with Crippen molar-refractivity contribution in [2.75, 3.05) is 0 Å². The highest BCUT2D eigenvalue weighted by molar-refractivity contribution is 7.11. The van der Waals surface area contributed by atoms with Gasteiger partial charge in [-0.05, 0) is 36.5 Å². The van der Waals surface area contributed by atoms with Gasteiger partial charge in [0.15, 0.2) is 0 Å². The summed E-state index contributed by atoms with van der Waals surface area (Å²) in [5.41, 5.74) is 8.36. The van der Waals surface area contributed by atoms with Crippen molar-refractivity contribution in [3.05, 3.63) is 45.4 Å². The predicted octanol–water partition coefficient (Wildman–Crippen LogP) is 4.18. The number of thiazole rings is 1. The molecule has 0 spiro atoms. The Balaban J connectivity index is 1.64. The minimum atomic E-state index is 0.533. The average Bonchev–Trinajstić information content (AvgIpc) is 3.26. The minimum absolute atomic E-state index is 0.533. The van der Waals surface area contributed by atoms with E-state index in [0.29, 0.717) is 25.0 Å². The van der Waals surface area contributed by atoms with E-state index in [4.69, 9.17) is 15.5 Å². The molecule has 3 nitrogen and oxygen atoms in total. The molecule has 0 saturated heterocycles. The van der Waals surface area contributed by atoms with Crippen molar-refractivity contribution < 1.29 is 4.74 Å². The van der Waals surface area contributed by atoms with E-state index in [1.807, 2.05) is 12.1 Å². The zero-order valence-electron chi connectivity index (χ0n) is 12.6. The molecule has 0 unspecified atom stereocenters. The van der Waals surface area contributed by atoms with E-state index in [1.54, 1.807) is 11.3 Å². The minimum Gasteiger partial charge on any atom is -0.486 e. The molecule has 1 aromatic heterocycles. The van der Waals surface area contributed by atoms with Gasteiger partial charge in [-0.15, -0.1) is 11.3 Å². The first-order chi connectivity index (χ1) is 10.2. The molecule has 112 valence electrons. The van der Waals surface area contributed by atoms with Gasteiger partial charge in [-0.3, -0.25) is 0 Å². The lowest BCUT2D eigenvalue weighted by atomic mass is 10.0. The van der Waals surface area contributed by atoms with Crippen LogP contribution in [0.5, 0.6) is 5.75 Å². The van der Waals surface area contributed by atoms with E-state index in [0.717, 1.165) is 10.8 Å². The molecule has 0 atom stereocenters. The third-order valence-corrected chi connectivity index (χ3v) is 4.90. The number of nitrogens with zero attached hydrogens (tertiary/aromatic N) is 1. The fraction of sp³-hybridized carbons (Fsp3) is 0.471. The molecule has 1 saturated carbocycles. The number of benzene rings is 1. The van der Waals surface area contributed by atoms with Crippen LogP contribution in [0.4, 0.5) is 0 Å². The first kappa shape index (κ1) is 14.5. The smallest absolute Gasteiger partial charge is 0.140 e. The summed E-state index contributed by atoms with van der Waals surface area (Å²) in [6.45, 7) is 5.51. The number of aromatic nitrogens is 1. The van der Waals surface area contributed by atoms with Crippen LogP contribution in [-0.2, 0) is 13.2 Å². The lowest BCUT2D eigenvalue weighted by Crippen LogP contribution is -1.97. The predicted molar refractivity (Wildman–Crippen MR) is 86.8 cm³/mol. The van der Waals surface area contributed by atoms with Crippen molar-refractivity contribution in [2.45, 2.75) is 51.7 Å². The zero-order valence-corrected chi connectivity index (χ0v) is 13.5. The maximum Gasteiger partial charge on any atom is 0.140 e. The first-order valence-electron chi connectivity index (χ1n) is 7.58. The largest absolute Gasteiger partial charge is 0.486 e. The van der Waals surface area contributed by atoms with Crippen molar-refractivity contribution in [3.63, 3.8) is 0 Å². The molecule has 21 heavy (non-hydrogen) atoms. The third kappa shape index (κ3) is 3.44. The summed E-state index contributed by atoms with van der Waals surface area (Å²) >= 11 is 1.69. The molecular weight excluding hydrogens is 280 g/mol. The average molecular weight is 302 g/mol. The van der Waals surface area contributed by atoms with Gasteiger partial charge >= 0.3 is 0 Å². The van der Waals surface area contributed by atoms with Crippen molar-refractivity contribution in [2.24, 2.45) is 5.73 Å². The van der Waals surface area contributed by atoms with E-state index in [1.165, 1.54) is 29.0 Å². The molecule has 0 radical (unpaired) electrons. The Bertz CT molecular complexity index is 600. The molecule has 1 aliphatic carbocycles. The van der Waals surface area contributed by atoms with Crippen LogP contribution in [0, 0.1) is 0 Å². The summed E-state index contributed by atoms with van der Waals surface area (Å²) in [5.74, 6) is 2.10. The van der Waals surface area contributed by atoms with Crippen molar-refractivity contribution in [1.29, 1.82) is 0 Å². The second kappa shape index (κ2) is 6.16. The van der Waals surface area contributed by atoms with Crippen molar-refractivity contribution in [1.82, 2.24) is 4.98 Å². The summed E-state index contributed by atoms with van der Waals surface area (Å²) in [6.07, 6.45) is 2.52. The van der Waals surface area contributed by atoms with Gasteiger partial charge in [0.1, 0.15) is 17.4 Å². The van der Waals surface area contributed by atoms with Gasteiger partial charge in [0, 0.05) is 17.3 Å². The van der Waals surface area contributed by atoms with Crippen LogP contribution < -0.4 is 10.5 Å². The van der Waals surface area contributed by atoms with Crippen LogP contribution in [-0.4, -0.2) is 4.98 Å². The number of nitrogens with two attached hydrogens (primary N) is 1. The standard InChI is InChI=1S/C17H22N2OS/c1-11(2)12-5-7-14(8-6-12)20-10-16-19-17(13-3-4-13)15(9-18)21-16/h5-8,11,13H,3-4,9-10,18H2,1-2H3. The van der Waals surface area contributed by atoms with Crippen molar-refractivity contribution in [3.8, 4) is 5.75 Å². The van der Waals surface area contributed by atoms with E-state index >= 15 is 0 Å². The zero-order chi connectivity index (χ0) is 14.8. The number of hydrogen-bond acceptors (Lipinski definition) is 4. The van der Waals surface area contributed by atoms with Gasteiger partial charge in [0.05, 0.1) is 5.69 Å². The molecule has 0 aliphatic heterocycles. The molecule has 2 aromatic rings. The van der Waals surface area contributed by atoms with E-state index in [9.17, 15) is 0 Å². The molecular formula is C17H22N2OS. The monoisotopic (exact) mass is 302 g/mol. The van der Waals surface area contributed by atoms with Crippen LogP contribution in [0.25, 0.3) is 0 Å². The second-order valence-corrected chi connectivity index (χ2v) is 7.08. The van der Waals surface area contributed by atoms with E-state index in [2.05, 4.69) is 26.0 Å². The summed E-state index contributed by atoms with van der Waals surface area (Å²) in [7, 11) is 0. The summed E-state index contributed by atoms with van der Waals surface area (Å²) in [6, 6.07) is 8.33. The highest BCUT2D eigenvalue weighted by Crippen LogP contribution is 2.42. The summed E-state index contributed by atoms with van der Waals surface area (Å²) < 4.78 is 5.85. The molecule has 0 amide bonds. The third-order valence-electron chi connectivity index (χ3n) is 3.83. The van der Waals surface area contributed by atoms with E-state index in [-0.39, 0.29) is 0 Å². The Hall–Kier alpha value is -1.39. The van der Waals surface area contributed by atoms with Gasteiger partial charge in [-0.2, -0.15) is 0 Å². The van der Waals surface area contributed by atoms with Crippen molar-refractivity contribution >= 4 is 11.3 Å². The molecule has 1 fully saturated rings. The Morgan fingerprint density at radius 1 is 1.29 bits per heavy atom. The number of hydrogen-bond donors (Lipinski definition) is 1. The molecule has 3 rings (SSSR count). The molecule has 1 aromatic carbocycles. The van der Waals surface area contributed by atoms with E-state index < -0.39 is 0 Å². The molecule has 2 N–H and O–H groups in total. The normalized spacial score (nSPS) is 14.7. The lowest BCUT2D eigenvalue weighted by molar-refractivity contribution is 0.305. The number of ether oxygens (including phenoxy) is 1. The second-order valence-electron chi connectivity index (χ2n) is 5.91. The Labute approximate surface area is 130 Å². The maximum atomic E-state index is 5.85. The Morgan fingerprint density at radius 2 is 2.00 bits per heavy atom.